The summed E-state index contributed by atoms with van der Waals surface area (Å²) in [6.45, 7) is 0.165. The SMILES string of the molecule is O=S(CCCCO)c1ccc(Cl)cc1. The van der Waals surface area contributed by atoms with E-state index in [2.05, 4.69) is 0 Å². The minimum atomic E-state index is -0.963. The lowest BCUT2D eigenvalue weighted by atomic mass is 10.4. The van der Waals surface area contributed by atoms with Gasteiger partial charge in [0, 0.05) is 22.3 Å². The topological polar surface area (TPSA) is 37.3 Å². The molecular formula is C10H13ClO2S. The van der Waals surface area contributed by atoms with E-state index in [0.717, 1.165) is 11.3 Å². The minimum absolute atomic E-state index is 0.165. The number of rotatable bonds is 5. The summed E-state index contributed by atoms with van der Waals surface area (Å²) in [6, 6.07) is 7.02. The van der Waals surface area contributed by atoms with Crippen molar-refractivity contribution in [2.45, 2.75) is 17.7 Å². The molecule has 0 aromatic heterocycles. The zero-order valence-electron chi connectivity index (χ0n) is 7.78. The number of aliphatic hydroxyl groups excluding tert-OH is 1. The number of hydrogen-bond donors (Lipinski definition) is 1. The zero-order chi connectivity index (χ0) is 10.4. The van der Waals surface area contributed by atoms with Crippen LogP contribution in [0, 0.1) is 0 Å². The van der Waals surface area contributed by atoms with Gasteiger partial charge >= 0.3 is 0 Å². The molecule has 0 aliphatic rings. The molecule has 1 aromatic rings. The van der Waals surface area contributed by atoms with Crippen LogP contribution >= 0.6 is 11.6 Å². The van der Waals surface area contributed by atoms with Gasteiger partial charge in [-0.2, -0.15) is 0 Å². The molecule has 2 nitrogen and oxygen atoms in total. The minimum Gasteiger partial charge on any atom is -0.396 e. The summed E-state index contributed by atoms with van der Waals surface area (Å²) < 4.78 is 11.6. The van der Waals surface area contributed by atoms with E-state index >= 15 is 0 Å². The summed E-state index contributed by atoms with van der Waals surface area (Å²) in [5, 5.41) is 9.22. The van der Waals surface area contributed by atoms with Crippen LogP contribution in [0.1, 0.15) is 12.8 Å². The predicted octanol–water partition coefficient (Wildman–Crippen LogP) is 2.22. The van der Waals surface area contributed by atoms with Gasteiger partial charge in [0.1, 0.15) is 0 Å². The standard InChI is InChI=1S/C10H13ClO2S/c11-9-3-5-10(6-4-9)14(13)8-2-1-7-12/h3-6,12H,1-2,7-8H2. The maximum Gasteiger partial charge on any atom is 0.0529 e. The van der Waals surface area contributed by atoms with Crippen molar-refractivity contribution in [3.05, 3.63) is 29.3 Å². The average molecular weight is 233 g/mol. The van der Waals surface area contributed by atoms with Crippen molar-refractivity contribution in [3.63, 3.8) is 0 Å². The lowest BCUT2D eigenvalue weighted by molar-refractivity contribution is 0.287. The first-order chi connectivity index (χ1) is 6.74. The molecule has 1 unspecified atom stereocenters. The molecule has 0 saturated carbocycles. The fraction of sp³-hybridized carbons (Fsp3) is 0.400. The molecule has 0 radical (unpaired) electrons. The Hall–Kier alpha value is -0.380. The monoisotopic (exact) mass is 232 g/mol. The lowest BCUT2D eigenvalue weighted by Crippen LogP contribution is -1.98. The summed E-state index contributed by atoms with van der Waals surface area (Å²) >= 11 is 5.71. The number of aliphatic hydroxyl groups is 1. The number of benzene rings is 1. The van der Waals surface area contributed by atoms with Crippen molar-refractivity contribution >= 4 is 22.4 Å². The van der Waals surface area contributed by atoms with Crippen LogP contribution in [0.4, 0.5) is 0 Å². The van der Waals surface area contributed by atoms with E-state index in [1.54, 1.807) is 24.3 Å². The smallest absolute Gasteiger partial charge is 0.0529 e. The summed E-state index contributed by atoms with van der Waals surface area (Å²) in [5.74, 6) is 0.599. The predicted molar refractivity (Wildman–Crippen MR) is 59.0 cm³/mol. The number of unbranched alkanes of at least 4 members (excludes halogenated alkanes) is 1. The van der Waals surface area contributed by atoms with Crippen LogP contribution in [0.3, 0.4) is 0 Å². The quantitative estimate of drug-likeness (QED) is 0.791. The molecular weight excluding hydrogens is 220 g/mol. The van der Waals surface area contributed by atoms with Gasteiger partial charge < -0.3 is 5.11 Å². The first-order valence-electron chi connectivity index (χ1n) is 4.49. The van der Waals surface area contributed by atoms with Gasteiger partial charge in [0.15, 0.2) is 0 Å². The Labute approximate surface area is 91.4 Å². The Morgan fingerprint density at radius 3 is 2.43 bits per heavy atom. The molecule has 0 spiro atoms. The van der Waals surface area contributed by atoms with Gasteiger partial charge in [-0.15, -0.1) is 0 Å². The molecule has 0 aliphatic heterocycles. The van der Waals surface area contributed by atoms with Crippen LogP contribution in [-0.2, 0) is 10.8 Å². The van der Waals surface area contributed by atoms with Crippen LogP contribution in [0.25, 0.3) is 0 Å². The van der Waals surface area contributed by atoms with Crippen molar-refractivity contribution in [2.24, 2.45) is 0 Å². The largest absolute Gasteiger partial charge is 0.396 e. The normalized spacial score (nSPS) is 12.7. The summed E-state index contributed by atoms with van der Waals surface area (Å²) in [6.07, 6.45) is 1.49. The van der Waals surface area contributed by atoms with Gasteiger partial charge in [-0.05, 0) is 37.1 Å². The molecule has 1 aromatic carbocycles. The summed E-state index contributed by atoms with van der Waals surface area (Å²) in [7, 11) is -0.963. The number of halogens is 1. The van der Waals surface area contributed by atoms with Crippen LogP contribution in [0.2, 0.25) is 5.02 Å². The van der Waals surface area contributed by atoms with Gasteiger partial charge in [-0.1, -0.05) is 11.6 Å². The first-order valence-corrected chi connectivity index (χ1v) is 6.18. The van der Waals surface area contributed by atoms with E-state index < -0.39 is 10.8 Å². The lowest BCUT2D eigenvalue weighted by Gasteiger charge is -2.01. The van der Waals surface area contributed by atoms with Crippen molar-refractivity contribution in [1.29, 1.82) is 0 Å². The number of hydrogen-bond acceptors (Lipinski definition) is 2. The molecule has 0 saturated heterocycles. The zero-order valence-corrected chi connectivity index (χ0v) is 9.35. The van der Waals surface area contributed by atoms with Gasteiger partial charge in [0.2, 0.25) is 0 Å². The third-order valence-electron chi connectivity index (χ3n) is 1.81. The van der Waals surface area contributed by atoms with E-state index in [0.29, 0.717) is 17.2 Å². The Bertz CT molecular complexity index is 297. The molecule has 14 heavy (non-hydrogen) atoms. The third-order valence-corrected chi connectivity index (χ3v) is 3.52. The molecule has 0 amide bonds. The van der Waals surface area contributed by atoms with E-state index in [4.69, 9.17) is 16.7 Å². The van der Waals surface area contributed by atoms with Crippen LogP contribution < -0.4 is 0 Å². The molecule has 0 bridgehead atoms. The molecule has 1 atom stereocenters. The van der Waals surface area contributed by atoms with E-state index in [-0.39, 0.29) is 6.61 Å². The maximum atomic E-state index is 11.6. The Kier molecular flexibility index (Phi) is 5.15. The molecule has 4 heteroatoms. The molecule has 1 N–H and O–H groups in total. The Morgan fingerprint density at radius 2 is 1.86 bits per heavy atom. The summed E-state index contributed by atoms with van der Waals surface area (Å²) in [4.78, 5) is 0.798. The van der Waals surface area contributed by atoms with Crippen molar-refractivity contribution < 1.29 is 9.32 Å². The maximum absolute atomic E-state index is 11.6. The van der Waals surface area contributed by atoms with Crippen LogP contribution in [0.15, 0.2) is 29.2 Å². The van der Waals surface area contributed by atoms with E-state index in [1.165, 1.54) is 0 Å². The highest BCUT2D eigenvalue weighted by Crippen LogP contribution is 2.13. The van der Waals surface area contributed by atoms with Gasteiger partial charge in [-0.25, -0.2) is 0 Å². The highest BCUT2D eigenvalue weighted by atomic mass is 35.5. The molecule has 0 heterocycles. The molecule has 0 fully saturated rings. The van der Waals surface area contributed by atoms with Crippen molar-refractivity contribution in [2.75, 3.05) is 12.4 Å². The molecule has 0 aliphatic carbocycles. The fourth-order valence-corrected chi connectivity index (χ4v) is 2.32. The molecule has 1 rings (SSSR count). The second-order valence-corrected chi connectivity index (χ2v) is 4.94. The van der Waals surface area contributed by atoms with Gasteiger partial charge in [0.25, 0.3) is 0 Å². The van der Waals surface area contributed by atoms with Crippen LogP contribution in [-0.4, -0.2) is 21.7 Å². The molecule has 78 valence electrons. The van der Waals surface area contributed by atoms with Gasteiger partial charge in [-0.3, -0.25) is 4.21 Å². The third kappa shape index (κ3) is 3.78. The highest BCUT2D eigenvalue weighted by Gasteiger charge is 2.02. The van der Waals surface area contributed by atoms with E-state index in [9.17, 15) is 4.21 Å². The van der Waals surface area contributed by atoms with Crippen molar-refractivity contribution in [1.82, 2.24) is 0 Å². The Morgan fingerprint density at radius 1 is 1.21 bits per heavy atom. The Balaban J connectivity index is 2.48. The average Bonchev–Trinajstić information content (AvgIpc) is 2.19. The second kappa shape index (κ2) is 6.17. The van der Waals surface area contributed by atoms with Crippen LogP contribution in [0.5, 0.6) is 0 Å². The summed E-state index contributed by atoms with van der Waals surface area (Å²) in [5.41, 5.74) is 0. The second-order valence-electron chi connectivity index (χ2n) is 2.93. The first kappa shape index (κ1) is 11.7. The highest BCUT2D eigenvalue weighted by molar-refractivity contribution is 7.85. The van der Waals surface area contributed by atoms with Crippen molar-refractivity contribution in [3.8, 4) is 0 Å². The van der Waals surface area contributed by atoms with E-state index in [1.807, 2.05) is 0 Å². The fourth-order valence-electron chi connectivity index (χ4n) is 1.05. The van der Waals surface area contributed by atoms with Gasteiger partial charge in [0.05, 0.1) is 10.8 Å².